The largest absolute Gasteiger partial charge is 0.376 e. The Morgan fingerprint density at radius 2 is 1.89 bits per heavy atom. The van der Waals surface area contributed by atoms with Crippen LogP contribution in [0.3, 0.4) is 0 Å². The maximum absolute atomic E-state index is 12.1. The van der Waals surface area contributed by atoms with Crippen molar-refractivity contribution in [2.45, 2.75) is 32.1 Å². The average molecular weight is 260 g/mol. The van der Waals surface area contributed by atoms with E-state index >= 15 is 0 Å². The number of likely N-dealkylation sites (N-methyl/N-ethyl adjacent to an activating group) is 1. The van der Waals surface area contributed by atoms with Crippen LogP contribution in [0, 0.1) is 5.92 Å². The molecule has 3 heteroatoms. The summed E-state index contributed by atoms with van der Waals surface area (Å²) in [5.74, 6) is 0.883. The average Bonchev–Trinajstić information content (AvgIpc) is 2.47. The Labute approximate surface area is 116 Å². The molecule has 104 valence electrons. The van der Waals surface area contributed by atoms with Crippen LogP contribution in [0.15, 0.2) is 30.3 Å². The predicted molar refractivity (Wildman–Crippen MR) is 79.1 cm³/mol. The van der Waals surface area contributed by atoms with Crippen LogP contribution >= 0.6 is 0 Å². The van der Waals surface area contributed by atoms with Gasteiger partial charge >= 0.3 is 0 Å². The SMILES string of the molecule is CN(CC1CCCCC1)C(=O)CNc1ccccc1. The first kappa shape index (κ1) is 13.9. The quantitative estimate of drug-likeness (QED) is 0.882. The van der Waals surface area contributed by atoms with Crippen molar-refractivity contribution in [1.29, 1.82) is 0 Å². The number of hydrogen-bond acceptors (Lipinski definition) is 2. The second-order valence-corrected chi connectivity index (χ2v) is 5.50. The fraction of sp³-hybridized carbons (Fsp3) is 0.562. The van der Waals surface area contributed by atoms with Crippen molar-refractivity contribution in [3.8, 4) is 0 Å². The van der Waals surface area contributed by atoms with E-state index < -0.39 is 0 Å². The summed E-state index contributed by atoms with van der Waals surface area (Å²) in [6.45, 7) is 1.29. The molecule has 1 aromatic rings. The molecule has 19 heavy (non-hydrogen) atoms. The molecule has 0 heterocycles. The highest BCUT2D eigenvalue weighted by Gasteiger charge is 2.17. The molecule has 3 nitrogen and oxygen atoms in total. The van der Waals surface area contributed by atoms with Gasteiger partial charge in [0.2, 0.25) is 5.91 Å². The Bertz CT molecular complexity index is 385. The lowest BCUT2D eigenvalue weighted by Gasteiger charge is -2.27. The van der Waals surface area contributed by atoms with Gasteiger partial charge in [-0.25, -0.2) is 0 Å². The molecule has 0 aromatic heterocycles. The molecule has 0 unspecified atom stereocenters. The first-order valence-corrected chi connectivity index (χ1v) is 7.28. The van der Waals surface area contributed by atoms with Gasteiger partial charge in [-0.3, -0.25) is 4.79 Å². The number of nitrogens with one attached hydrogen (secondary N) is 1. The van der Waals surface area contributed by atoms with Crippen LogP contribution in [0.25, 0.3) is 0 Å². The summed E-state index contributed by atoms with van der Waals surface area (Å²) < 4.78 is 0. The molecular formula is C16H24N2O. The van der Waals surface area contributed by atoms with Crippen molar-refractivity contribution in [3.05, 3.63) is 30.3 Å². The maximum Gasteiger partial charge on any atom is 0.241 e. The second kappa shape index (κ2) is 7.17. The Hall–Kier alpha value is -1.51. The lowest BCUT2D eigenvalue weighted by Crippen LogP contribution is -2.36. The van der Waals surface area contributed by atoms with Gasteiger partial charge < -0.3 is 10.2 Å². The first-order chi connectivity index (χ1) is 9.25. The van der Waals surface area contributed by atoms with Gasteiger partial charge in [-0.1, -0.05) is 37.5 Å². The van der Waals surface area contributed by atoms with E-state index in [1.54, 1.807) is 0 Å². The topological polar surface area (TPSA) is 32.3 Å². The van der Waals surface area contributed by atoms with Crippen molar-refractivity contribution >= 4 is 11.6 Å². The van der Waals surface area contributed by atoms with E-state index in [2.05, 4.69) is 5.32 Å². The van der Waals surface area contributed by atoms with E-state index in [4.69, 9.17) is 0 Å². The molecule has 1 N–H and O–H groups in total. The van der Waals surface area contributed by atoms with Crippen molar-refractivity contribution in [3.63, 3.8) is 0 Å². The number of amides is 1. The highest BCUT2D eigenvalue weighted by molar-refractivity contribution is 5.80. The summed E-state index contributed by atoms with van der Waals surface area (Å²) in [4.78, 5) is 13.9. The molecule has 1 saturated carbocycles. The Kier molecular flexibility index (Phi) is 5.25. The molecule has 1 fully saturated rings. The normalized spacial score (nSPS) is 16.1. The summed E-state index contributed by atoms with van der Waals surface area (Å²) >= 11 is 0. The smallest absolute Gasteiger partial charge is 0.241 e. The molecule has 0 spiro atoms. The van der Waals surface area contributed by atoms with Crippen LogP contribution in [-0.2, 0) is 4.79 Å². The van der Waals surface area contributed by atoms with Crippen molar-refractivity contribution in [2.75, 3.05) is 25.5 Å². The van der Waals surface area contributed by atoms with E-state index in [1.807, 2.05) is 42.3 Å². The minimum Gasteiger partial charge on any atom is -0.376 e. The molecule has 0 saturated heterocycles. The summed E-state index contributed by atoms with van der Waals surface area (Å²) in [5, 5.41) is 3.17. The van der Waals surface area contributed by atoms with E-state index in [0.717, 1.165) is 12.2 Å². The summed E-state index contributed by atoms with van der Waals surface area (Å²) in [6.07, 6.45) is 6.58. The number of rotatable bonds is 5. The number of hydrogen-bond donors (Lipinski definition) is 1. The van der Waals surface area contributed by atoms with Crippen LogP contribution in [0.2, 0.25) is 0 Å². The Morgan fingerprint density at radius 1 is 1.21 bits per heavy atom. The molecule has 2 rings (SSSR count). The van der Waals surface area contributed by atoms with Crippen LogP contribution in [0.4, 0.5) is 5.69 Å². The summed E-state index contributed by atoms with van der Waals surface area (Å²) in [5.41, 5.74) is 1.00. The van der Waals surface area contributed by atoms with Gasteiger partial charge in [-0.05, 0) is 30.9 Å². The number of carbonyl (C=O) groups is 1. The summed E-state index contributed by atoms with van der Waals surface area (Å²) in [6, 6.07) is 9.88. The third-order valence-corrected chi connectivity index (χ3v) is 3.90. The second-order valence-electron chi connectivity index (χ2n) is 5.50. The zero-order chi connectivity index (χ0) is 13.5. The molecule has 1 aliphatic carbocycles. The monoisotopic (exact) mass is 260 g/mol. The van der Waals surface area contributed by atoms with Gasteiger partial charge in [-0.2, -0.15) is 0 Å². The minimum atomic E-state index is 0.175. The Balaban J connectivity index is 1.72. The predicted octanol–water partition coefficient (Wildman–Crippen LogP) is 3.14. The van der Waals surface area contributed by atoms with E-state index in [9.17, 15) is 4.79 Å². The van der Waals surface area contributed by atoms with Gasteiger partial charge in [0.05, 0.1) is 6.54 Å². The van der Waals surface area contributed by atoms with Crippen LogP contribution < -0.4 is 5.32 Å². The lowest BCUT2D eigenvalue weighted by atomic mass is 9.89. The molecule has 1 amide bonds. The first-order valence-electron chi connectivity index (χ1n) is 7.28. The van der Waals surface area contributed by atoms with Crippen molar-refractivity contribution in [2.24, 2.45) is 5.92 Å². The van der Waals surface area contributed by atoms with Crippen LogP contribution in [0.1, 0.15) is 32.1 Å². The molecule has 1 aliphatic rings. The van der Waals surface area contributed by atoms with Crippen molar-refractivity contribution < 1.29 is 4.79 Å². The van der Waals surface area contributed by atoms with E-state index in [1.165, 1.54) is 32.1 Å². The molecule has 0 bridgehead atoms. The third kappa shape index (κ3) is 4.58. The van der Waals surface area contributed by atoms with Gasteiger partial charge in [0.25, 0.3) is 0 Å². The number of para-hydroxylation sites is 1. The number of anilines is 1. The van der Waals surface area contributed by atoms with Gasteiger partial charge in [0.1, 0.15) is 0 Å². The molecule has 0 aliphatic heterocycles. The maximum atomic E-state index is 12.1. The summed E-state index contributed by atoms with van der Waals surface area (Å²) in [7, 11) is 1.92. The third-order valence-electron chi connectivity index (χ3n) is 3.90. The molecule has 0 radical (unpaired) electrons. The minimum absolute atomic E-state index is 0.175. The zero-order valence-corrected chi connectivity index (χ0v) is 11.8. The van der Waals surface area contributed by atoms with Crippen LogP contribution in [-0.4, -0.2) is 30.9 Å². The van der Waals surface area contributed by atoms with Crippen LogP contribution in [0.5, 0.6) is 0 Å². The Morgan fingerprint density at radius 3 is 2.58 bits per heavy atom. The van der Waals surface area contributed by atoms with Gasteiger partial charge in [0.15, 0.2) is 0 Å². The van der Waals surface area contributed by atoms with Crippen molar-refractivity contribution in [1.82, 2.24) is 4.90 Å². The van der Waals surface area contributed by atoms with Gasteiger partial charge in [-0.15, -0.1) is 0 Å². The fourth-order valence-corrected chi connectivity index (χ4v) is 2.73. The number of nitrogens with zero attached hydrogens (tertiary/aromatic N) is 1. The highest BCUT2D eigenvalue weighted by atomic mass is 16.2. The van der Waals surface area contributed by atoms with Gasteiger partial charge in [0, 0.05) is 19.3 Å². The van der Waals surface area contributed by atoms with E-state index in [0.29, 0.717) is 12.5 Å². The molecular weight excluding hydrogens is 236 g/mol. The zero-order valence-electron chi connectivity index (χ0n) is 11.8. The highest BCUT2D eigenvalue weighted by Crippen LogP contribution is 2.24. The fourth-order valence-electron chi connectivity index (χ4n) is 2.73. The molecule has 1 aromatic carbocycles. The lowest BCUT2D eigenvalue weighted by molar-refractivity contribution is -0.128. The number of benzene rings is 1. The number of carbonyl (C=O) groups excluding carboxylic acids is 1. The van der Waals surface area contributed by atoms with E-state index in [-0.39, 0.29) is 5.91 Å². The standard InChI is InChI=1S/C16H24N2O/c1-18(13-14-8-4-2-5-9-14)16(19)12-17-15-10-6-3-7-11-15/h3,6-7,10-11,14,17H,2,4-5,8-9,12-13H2,1H3. The molecule has 0 atom stereocenters.